The Bertz CT molecular complexity index is 877. The maximum Gasteiger partial charge on any atom is 0.220 e. The lowest BCUT2D eigenvalue weighted by molar-refractivity contribution is -0.123. The maximum absolute atomic E-state index is 12.4. The quantitative estimate of drug-likeness (QED) is 0.0427. The lowest BCUT2D eigenvalue weighted by Crippen LogP contribution is -2.45. The molecule has 0 aliphatic rings. The van der Waals surface area contributed by atoms with Crippen LogP contribution in [-0.2, 0) is 4.79 Å². The van der Waals surface area contributed by atoms with E-state index in [0.717, 1.165) is 38.5 Å². The van der Waals surface area contributed by atoms with Gasteiger partial charge in [0.2, 0.25) is 5.91 Å². The minimum Gasteiger partial charge on any atom is -0.394 e. The molecule has 322 valence electrons. The summed E-state index contributed by atoms with van der Waals surface area (Å²) in [5.41, 5.74) is 0. The fraction of sp³-hybridized carbons (Fsp3) is 0.824. The molecule has 0 saturated carbocycles. The van der Waals surface area contributed by atoms with Crippen LogP contribution in [0.4, 0.5) is 0 Å². The molecule has 55 heavy (non-hydrogen) atoms. The van der Waals surface area contributed by atoms with Crippen molar-refractivity contribution in [3.05, 3.63) is 48.6 Å². The lowest BCUT2D eigenvalue weighted by atomic mass is 10.0. The van der Waals surface area contributed by atoms with Gasteiger partial charge in [-0.3, -0.25) is 4.79 Å². The van der Waals surface area contributed by atoms with Crippen molar-refractivity contribution in [1.82, 2.24) is 5.32 Å². The standard InChI is InChI=1S/C51H95NO3/c1-3-5-7-9-11-13-15-17-19-21-23-25-27-29-31-33-35-37-39-41-43-45-47-51(55)52-49(48-53)50(54)46-44-42-40-38-36-34-32-30-28-26-24-22-20-18-16-14-12-10-8-6-4-2/h27-30,36,38,44,46,49-50,53-54H,3-26,31-35,37,39-43,45,47-48H2,1-2H3,(H,52,55)/b29-27-,30-28+,38-36+,46-44+. The first-order chi connectivity index (χ1) is 27.2. The van der Waals surface area contributed by atoms with Crippen molar-refractivity contribution >= 4 is 5.91 Å². The summed E-state index contributed by atoms with van der Waals surface area (Å²) in [6.07, 6.45) is 63.8. The molecule has 3 N–H and O–H groups in total. The highest BCUT2D eigenvalue weighted by Crippen LogP contribution is 2.15. The van der Waals surface area contributed by atoms with Gasteiger partial charge in [-0.2, -0.15) is 0 Å². The normalized spacial score (nSPS) is 13.3. The van der Waals surface area contributed by atoms with Gasteiger partial charge in [0.1, 0.15) is 0 Å². The van der Waals surface area contributed by atoms with Crippen molar-refractivity contribution in [2.75, 3.05) is 6.61 Å². The van der Waals surface area contributed by atoms with E-state index >= 15 is 0 Å². The highest BCUT2D eigenvalue weighted by atomic mass is 16.3. The third-order valence-corrected chi connectivity index (χ3v) is 11.0. The number of aliphatic hydroxyl groups excluding tert-OH is 2. The molecule has 0 fully saturated rings. The van der Waals surface area contributed by atoms with E-state index < -0.39 is 12.1 Å². The topological polar surface area (TPSA) is 69.6 Å². The minimum atomic E-state index is -0.872. The van der Waals surface area contributed by atoms with Crippen LogP contribution in [0.15, 0.2) is 48.6 Å². The molecule has 0 bridgehead atoms. The van der Waals surface area contributed by atoms with Gasteiger partial charge in [0.15, 0.2) is 0 Å². The van der Waals surface area contributed by atoms with Crippen LogP contribution in [0.5, 0.6) is 0 Å². The zero-order valence-corrected chi connectivity index (χ0v) is 36.9. The Morgan fingerprint density at radius 3 is 1.05 bits per heavy atom. The van der Waals surface area contributed by atoms with Crippen molar-refractivity contribution in [3.8, 4) is 0 Å². The number of hydrogen-bond donors (Lipinski definition) is 3. The average Bonchev–Trinajstić information content (AvgIpc) is 3.19. The predicted molar refractivity (Wildman–Crippen MR) is 244 cm³/mol. The highest BCUT2D eigenvalue weighted by molar-refractivity contribution is 5.76. The van der Waals surface area contributed by atoms with E-state index in [-0.39, 0.29) is 12.5 Å². The molecule has 0 aromatic carbocycles. The first kappa shape index (κ1) is 53.4. The number of amides is 1. The lowest BCUT2D eigenvalue weighted by Gasteiger charge is -2.19. The Balaban J connectivity index is 3.61. The molecule has 1 amide bonds. The number of nitrogens with one attached hydrogen (secondary N) is 1. The van der Waals surface area contributed by atoms with Gasteiger partial charge >= 0.3 is 0 Å². The molecule has 4 heteroatoms. The van der Waals surface area contributed by atoms with E-state index in [0.29, 0.717) is 6.42 Å². The van der Waals surface area contributed by atoms with Gasteiger partial charge in [-0.05, 0) is 70.6 Å². The summed E-state index contributed by atoms with van der Waals surface area (Å²) in [5, 5.41) is 23.0. The van der Waals surface area contributed by atoms with Crippen molar-refractivity contribution in [2.45, 2.75) is 264 Å². The smallest absolute Gasteiger partial charge is 0.220 e. The first-order valence-corrected chi connectivity index (χ1v) is 24.4. The third kappa shape index (κ3) is 43.3. The van der Waals surface area contributed by atoms with Gasteiger partial charge in [0.05, 0.1) is 18.8 Å². The Morgan fingerprint density at radius 2 is 0.709 bits per heavy atom. The van der Waals surface area contributed by atoms with Crippen molar-refractivity contribution < 1.29 is 15.0 Å². The van der Waals surface area contributed by atoms with Crippen LogP contribution in [0.3, 0.4) is 0 Å². The van der Waals surface area contributed by atoms with E-state index in [1.165, 1.54) is 193 Å². The molecule has 0 aliphatic carbocycles. The van der Waals surface area contributed by atoms with Crippen molar-refractivity contribution in [1.29, 1.82) is 0 Å². The van der Waals surface area contributed by atoms with E-state index in [1.54, 1.807) is 6.08 Å². The van der Waals surface area contributed by atoms with Crippen LogP contribution in [0.1, 0.15) is 251 Å². The van der Waals surface area contributed by atoms with Gasteiger partial charge in [0, 0.05) is 6.42 Å². The second-order valence-electron chi connectivity index (χ2n) is 16.5. The van der Waals surface area contributed by atoms with Crippen molar-refractivity contribution in [2.24, 2.45) is 0 Å². The molecular weight excluding hydrogens is 675 g/mol. The second-order valence-corrected chi connectivity index (χ2v) is 16.5. The molecule has 2 atom stereocenters. The fourth-order valence-electron chi connectivity index (χ4n) is 7.26. The highest BCUT2D eigenvalue weighted by Gasteiger charge is 2.17. The van der Waals surface area contributed by atoms with E-state index in [4.69, 9.17) is 0 Å². The Hall–Kier alpha value is -1.65. The van der Waals surface area contributed by atoms with E-state index in [9.17, 15) is 15.0 Å². The zero-order chi connectivity index (χ0) is 40.0. The fourth-order valence-corrected chi connectivity index (χ4v) is 7.26. The number of carbonyl (C=O) groups excluding carboxylic acids is 1. The van der Waals surface area contributed by atoms with Crippen LogP contribution >= 0.6 is 0 Å². The molecule has 0 aromatic heterocycles. The molecular formula is C51H95NO3. The zero-order valence-electron chi connectivity index (χ0n) is 36.9. The van der Waals surface area contributed by atoms with Gasteiger partial charge in [-0.15, -0.1) is 0 Å². The molecule has 0 radical (unpaired) electrons. The Labute approximate surface area is 344 Å². The number of hydrogen-bond acceptors (Lipinski definition) is 3. The summed E-state index contributed by atoms with van der Waals surface area (Å²) in [6, 6.07) is -0.648. The van der Waals surface area contributed by atoms with Crippen LogP contribution in [0.2, 0.25) is 0 Å². The van der Waals surface area contributed by atoms with Crippen LogP contribution < -0.4 is 5.32 Å². The van der Waals surface area contributed by atoms with Crippen LogP contribution in [0.25, 0.3) is 0 Å². The molecule has 0 saturated heterocycles. The molecule has 0 rings (SSSR count). The largest absolute Gasteiger partial charge is 0.394 e. The summed E-state index contributed by atoms with van der Waals surface area (Å²) >= 11 is 0. The van der Waals surface area contributed by atoms with Gasteiger partial charge in [-0.25, -0.2) is 0 Å². The Morgan fingerprint density at radius 1 is 0.418 bits per heavy atom. The summed E-state index contributed by atoms with van der Waals surface area (Å²) in [5.74, 6) is -0.0813. The van der Waals surface area contributed by atoms with Gasteiger partial charge in [-0.1, -0.05) is 223 Å². The number of carbonyl (C=O) groups is 1. The first-order valence-electron chi connectivity index (χ1n) is 24.4. The van der Waals surface area contributed by atoms with E-state index in [1.807, 2.05) is 6.08 Å². The van der Waals surface area contributed by atoms with Gasteiger partial charge in [0.25, 0.3) is 0 Å². The third-order valence-electron chi connectivity index (χ3n) is 11.0. The summed E-state index contributed by atoms with van der Waals surface area (Å²) in [4.78, 5) is 12.4. The Kier molecular flexibility index (Phi) is 45.3. The SMILES string of the molecule is CCCCCCCCCCCCC/C=C\CCCCCCCCCC(=O)NC(CO)C(O)/C=C/CC/C=C/CC/C=C/CCCCCCCCCCCCC. The summed E-state index contributed by atoms with van der Waals surface area (Å²) in [7, 11) is 0. The number of unbranched alkanes of at least 4 members (excludes halogenated alkanes) is 31. The second kappa shape index (κ2) is 46.7. The minimum absolute atomic E-state index is 0.0813. The molecule has 0 heterocycles. The van der Waals surface area contributed by atoms with Crippen LogP contribution in [0, 0.1) is 0 Å². The maximum atomic E-state index is 12.4. The summed E-state index contributed by atoms with van der Waals surface area (Å²) in [6.45, 7) is 4.31. The molecule has 0 aliphatic heterocycles. The molecule has 0 aromatic rings. The average molecular weight is 770 g/mol. The summed E-state index contributed by atoms with van der Waals surface area (Å²) < 4.78 is 0. The predicted octanol–water partition coefficient (Wildman–Crippen LogP) is 15.5. The van der Waals surface area contributed by atoms with E-state index in [2.05, 4.69) is 55.6 Å². The molecule has 4 nitrogen and oxygen atoms in total. The molecule has 2 unspecified atom stereocenters. The number of allylic oxidation sites excluding steroid dienone is 7. The van der Waals surface area contributed by atoms with Crippen molar-refractivity contribution in [3.63, 3.8) is 0 Å². The number of aliphatic hydroxyl groups is 2. The monoisotopic (exact) mass is 770 g/mol. The van der Waals surface area contributed by atoms with Crippen LogP contribution in [-0.4, -0.2) is 34.9 Å². The molecule has 0 spiro atoms. The number of rotatable bonds is 44. The van der Waals surface area contributed by atoms with Gasteiger partial charge < -0.3 is 15.5 Å².